The molecule has 1 atom stereocenters. The first-order valence-corrected chi connectivity index (χ1v) is 7.46. The predicted octanol–water partition coefficient (Wildman–Crippen LogP) is 5.20. The lowest BCUT2D eigenvalue weighted by Gasteiger charge is -2.10. The quantitative estimate of drug-likeness (QED) is 0.645. The van der Waals surface area contributed by atoms with Crippen LogP contribution in [0.4, 0.5) is 0 Å². The van der Waals surface area contributed by atoms with Crippen LogP contribution in [0.15, 0.2) is 84.9 Å². The van der Waals surface area contributed by atoms with Gasteiger partial charge < -0.3 is 0 Å². The van der Waals surface area contributed by atoms with Crippen molar-refractivity contribution in [2.75, 3.05) is 0 Å². The van der Waals surface area contributed by atoms with Gasteiger partial charge in [0.25, 0.3) is 0 Å². The van der Waals surface area contributed by atoms with Crippen molar-refractivity contribution in [2.24, 2.45) is 0 Å². The van der Waals surface area contributed by atoms with Gasteiger partial charge in [-0.25, -0.2) is 0 Å². The second-order valence-corrected chi connectivity index (χ2v) is 5.36. The molecule has 22 heavy (non-hydrogen) atoms. The summed E-state index contributed by atoms with van der Waals surface area (Å²) in [5.74, 6) is -0.0937. The Kier molecular flexibility index (Phi) is 4.32. The van der Waals surface area contributed by atoms with Gasteiger partial charge in [0.2, 0.25) is 0 Å². The van der Waals surface area contributed by atoms with Crippen LogP contribution in [-0.4, -0.2) is 0 Å². The molecule has 0 aliphatic carbocycles. The van der Waals surface area contributed by atoms with Gasteiger partial charge in [-0.1, -0.05) is 84.9 Å². The first kappa shape index (κ1) is 14.1. The van der Waals surface area contributed by atoms with E-state index in [1.165, 1.54) is 16.7 Å². The second-order valence-electron chi connectivity index (χ2n) is 5.36. The number of benzene rings is 3. The molecule has 0 heterocycles. The molecule has 3 aromatic rings. The molecule has 0 N–H and O–H groups in total. The summed E-state index contributed by atoms with van der Waals surface area (Å²) in [4.78, 5) is 0. The van der Waals surface area contributed by atoms with Gasteiger partial charge in [-0.3, -0.25) is 0 Å². The number of nitrogens with zero attached hydrogens (tertiary/aromatic N) is 1. The second kappa shape index (κ2) is 6.74. The van der Waals surface area contributed by atoms with E-state index in [1.54, 1.807) is 0 Å². The van der Waals surface area contributed by atoms with Crippen LogP contribution < -0.4 is 0 Å². The summed E-state index contributed by atoms with van der Waals surface area (Å²) in [5, 5.41) is 9.42. The lowest BCUT2D eigenvalue weighted by atomic mass is 9.92. The van der Waals surface area contributed by atoms with E-state index in [1.807, 2.05) is 48.5 Å². The molecule has 3 aromatic carbocycles. The van der Waals surface area contributed by atoms with E-state index in [0.717, 1.165) is 12.0 Å². The zero-order valence-corrected chi connectivity index (χ0v) is 12.3. The Labute approximate surface area is 131 Å². The van der Waals surface area contributed by atoms with Crippen molar-refractivity contribution in [1.82, 2.24) is 0 Å². The highest BCUT2D eigenvalue weighted by molar-refractivity contribution is 5.63. The molecular weight excluding hydrogens is 266 g/mol. The molecule has 3 rings (SSSR count). The van der Waals surface area contributed by atoms with Crippen LogP contribution in [0.25, 0.3) is 11.1 Å². The predicted molar refractivity (Wildman–Crippen MR) is 90.4 cm³/mol. The summed E-state index contributed by atoms with van der Waals surface area (Å²) in [6.07, 6.45) is 0.746. The zero-order valence-electron chi connectivity index (χ0n) is 12.3. The Hall–Kier alpha value is -2.85. The van der Waals surface area contributed by atoms with Gasteiger partial charge in [0.05, 0.1) is 12.0 Å². The summed E-state index contributed by atoms with van der Waals surface area (Å²) in [5.41, 5.74) is 4.69. The van der Waals surface area contributed by atoms with Crippen molar-refractivity contribution in [1.29, 1.82) is 5.26 Å². The Morgan fingerprint density at radius 2 is 1.23 bits per heavy atom. The van der Waals surface area contributed by atoms with Gasteiger partial charge in [-0.15, -0.1) is 0 Å². The largest absolute Gasteiger partial charge is 0.198 e. The SMILES string of the molecule is N#CC(Cc1ccc(-c2ccccc2)cc1)c1ccccc1. The Morgan fingerprint density at radius 3 is 1.82 bits per heavy atom. The molecule has 0 saturated carbocycles. The van der Waals surface area contributed by atoms with E-state index < -0.39 is 0 Å². The van der Waals surface area contributed by atoms with Crippen molar-refractivity contribution >= 4 is 0 Å². The first-order valence-electron chi connectivity index (χ1n) is 7.46. The van der Waals surface area contributed by atoms with Crippen LogP contribution in [0.5, 0.6) is 0 Å². The summed E-state index contributed by atoms with van der Waals surface area (Å²) >= 11 is 0. The summed E-state index contributed by atoms with van der Waals surface area (Å²) in [6.45, 7) is 0. The Morgan fingerprint density at radius 1 is 0.682 bits per heavy atom. The van der Waals surface area contributed by atoms with Crippen molar-refractivity contribution in [3.63, 3.8) is 0 Å². The fraction of sp³-hybridized carbons (Fsp3) is 0.0952. The zero-order chi connectivity index (χ0) is 15.2. The van der Waals surface area contributed by atoms with Crippen molar-refractivity contribution in [2.45, 2.75) is 12.3 Å². The van der Waals surface area contributed by atoms with E-state index in [0.29, 0.717) is 0 Å². The molecular formula is C21H17N. The normalized spacial score (nSPS) is 11.6. The van der Waals surface area contributed by atoms with Crippen LogP contribution >= 0.6 is 0 Å². The maximum absolute atomic E-state index is 9.42. The van der Waals surface area contributed by atoms with Gasteiger partial charge in [0, 0.05) is 0 Å². The number of rotatable bonds is 4. The molecule has 0 fully saturated rings. The van der Waals surface area contributed by atoms with Crippen LogP contribution in [0.3, 0.4) is 0 Å². The topological polar surface area (TPSA) is 23.8 Å². The summed E-state index contributed by atoms with van der Waals surface area (Å²) in [7, 11) is 0. The monoisotopic (exact) mass is 283 g/mol. The molecule has 0 radical (unpaired) electrons. The van der Waals surface area contributed by atoms with Gasteiger partial charge in [0.1, 0.15) is 0 Å². The van der Waals surface area contributed by atoms with Crippen LogP contribution in [0.2, 0.25) is 0 Å². The lowest BCUT2D eigenvalue weighted by molar-refractivity contribution is 0.849. The third kappa shape index (κ3) is 3.24. The Balaban J connectivity index is 1.78. The highest BCUT2D eigenvalue weighted by atomic mass is 14.3. The van der Waals surface area contributed by atoms with Gasteiger partial charge in [-0.2, -0.15) is 5.26 Å². The highest BCUT2D eigenvalue weighted by Crippen LogP contribution is 2.23. The van der Waals surface area contributed by atoms with Gasteiger partial charge >= 0.3 is 0 Å². The molecule has 0 aliphatic heterocycles. The average Bonchev–Trinajstić information content (AvgIpc) is 2.62. The molecule has 1 unspecified atom stereocenters. The molecule has 0 amide bonds. The van der Waals surface area contributed by atoms with Crippen molar-refractivity contribution in [3.8, 4) is 17.2 Å². The smallest absolute Gasteiger partial charge is 0.0753 e. The van der Waals surface area contributed by atoms with Crippen molar-refractivity contribution < 1.29 is 0 Å². The molecule has 1 nitrogen and oxygen atoms in total. The third-order valence-electron chi connectivity index (χ3n) is 3.86. The number of hydrogen-bond acceptors (Lipinski definition) is 1. The maximum atomic E-state index is 9.42. The van der Waals surface area contributed by atoms with Crippen LogP contribution in [0.1, 0.15) is 17.0 Å². The minimum Gasteiger partial charge on any atom is -0.198 e. The van der Waals surface area contributed by atoms with Crippen molar-refractivity contribution in [3.05, 3.63) is 96.1 Å². The fourth-order valence-corrected chi connectivity index (χ4v) is 2.62. The van der Waals surface area contributed by atoms with E-state index >= 15 is 0 Å². The molecule has 0 aromatic heterocycles. The standard InChI is InChI=1S/C21H17N/c22-16-21(19-9-5-2-6-10-19)15-17-11-13-20(14-12-17)18-7-3-1-4-8-18/h1-14,21H,15H2. The number of nitriles is 1. The average molecular weight is 283 g/mol. The fourth-order valence-electron chi connectivity index (χ4n) is 2.62. The molecule has 0 spiro atoms. The molecule has 0 bridgehead atoms. The third-order valence-corrected chi connectivity index (χ3v) is 3.86. The highest BCUT2D eigenvalue weighted by Gasteiger charge is 2.11. The molecule has 106 valence electrons. The molecule has 0 aliphatic rings. The first-order chi connectivity index (χ1) is 10.9. The summed E-state index contributed by atoms with van der Waals surface area (Å²) < 4.78 is 0. The minimum absolute atomic E-state index is 0.0937. The maximum Gasteiger partial charge on any atom is 0.0753 e. The molecule has 1 heteroatoms. The Bertz CT molecular complexity index is 753. The van der Waals surface area contributed by atoms with E-state index in [9.17, 15) is 5.26 Å². The van der Waals surface area contributed by atoms with Crippen LogP contribution in [0, 0.1) is 11.3 Å². The van der Waals surface area contributed by atoms with E-state index in [2.05, 4.69) is 42.5 Å². The van der Waals surface area contributed by atoms with Gasteiger partial charge in [-0.05, 0) is 28.7 Å². The number of hydrogen-bond donors (Lipinski definition) is 0. The lowest BCUT2D eigenvalue weighted by Crippen LogP contribution is -2.00. The molecule has 0 saturated heterocycles. The summed E-state index contributed by atoms with van der Waals surface area (Å²) in [6, 6.07) is 31.2. The van der Waals surface area contributed by atoms with Gasteiger partial charge in [0.15, 0.2) is 0 Å². The van der Waals surface area contributed by atoms with E-state index in [-0.39, 0.29) is 5.92 Å². The van der Waals surface area contributed by atoms with E-state index in [4.69, 9.17) is 0 Å². The van der Waals surface area contributed by atoms with Crippen LogP contribution in [-0.2, 0) is 6.42 Å². The minimum atomic E-state index is -0.0937.